The highest BCUT2D eigenvalue weighted by atomic mass is 19.2. The smallest absolute Gasteiger partial charge is 0.211 e. The number of carbonyl (C=O) groups is 1. The van der Waals surface area contributed by atoms with E-state index in [1.807, 2.05) is 0 Å². The Morgan fingerprint density at radius 2 is 1.94 bits per heavy atom. The van der Waals surface area contributed by atoms with E-state index in [1.54, 1.807) is 19.1 Å². The van der Waals surface area contributed by atoms with Gasteiger partial charge in [-0.15, -0.1) is 0 Å². The van der Waals surface area contributed by atoms with Crippen LogP contribution in [0.25, 0.3) is 0 Å². The van der Waals surface area contributed by atoms with Crippen molar-refractivity contribution in [1.82, 2.24) is 4.98 Å². The summed E-state index contributed by atoms with van der Waals surface area (Å²) in [5.74, 6) is -2.43. The van der Waals surface area contributed by atoms with E-state index < -0.39 is 17.4 Å². The Kier molecular flexibility index (Phi) is 2.95. The van der Waals surface area contributed by atoms with E-state index in [9.17, 15) is 13.6 Å². The molecule has 0 radical (unpaired) electrons. The quantitative estimate of drug-likeness (QED) is 0.746. The summed E-state index contributed by atoms with van der Waals surface area (Å²) in [7, 11) is 0. The second-order valence-electron chi connectivity index (χ2n) is 3.63. The molecule has 1 heterocycles. The number of aryl methyl sites for hydroxylation is 1. The van der Waals surface area contributed by atoms with Crippen LogP contribution in [-0.2, 0) is 0 Å². The van der Waals surface area contributed by atoms with Gasteiger partial charge < -0.3 is 0 Å². The number of halogens is 2. The lowest BCUT2D eigenvalue weighted by Gasteiger charge is -2.03. The summed E-state index contributed by atoms with van der Waals surface area (Å²) in [6, 6.07) is 6.50. The molecule has 0 N–H and O–H groups in total. The molecular weight excluding hydrogens is 224 g/mol. The molecule has 17 heavy (non-hydrogen) atoms. The first-order valence-electron chi connectivity index (χ1n) is 5.01. The van der Waals surface area contributed by atoms with Crippen LogP contribution in [0.3, 0.4) is 0 Å². The van der Waals surface area contributed by atoms with Gasteiger partial charge in [0, 0.05) is 11.8 Å². The molecule has 86 valence electrons. The molecule has 0 fully saturated rings. The normalized spacial score (nSPS) is 10.3. The van der Waals surface area contributed by atoms with Gasteiger partial charge in [0.2, 0.25) is 5.78 Å². The maximum Gasteiger partial charge on any atom is 0.211 e. The molecule has 1 aromatic heterocycles. The Labute approximate surface area is 96.9 Å². The van der Waals surface area contributed by atoms with Crippen LogP contribution in [-0.4, -0.2) is 10.8 Å². The Balaban J connectivity index is 2.44. The van der Waals surface area contributed by atoms with Gasteiger partial charge in [0.05, 0.1) is 0 Å². The van der Waals surface area contributed by atoms with Gasteiger partial charge in [-0.1, -0.05) is 6.07 Å². The van der Waals surface area contributed by atoms with Gasteiger partial charge in [0.15, 0.2) is 11.6 Å². The molecule has 0 aliphatic rings. The van der Waals surface area contributed by atoms with Crippen molar-refractivity contribution in [2.45, 2.75) is 6.92 Å². The molecule has 0 bridgehead atoms. The SMILES string of the molecule is Cc1cccnc1C(=O)c1ccc(F)c(F)c1. The van der Waals surface area contributed by atoms with Gasteiger partial charge in [-0.05, 0) is 36.8 Å². The lowest BCUT2D eigenvalue weighted by molar-refractivity contribution is 0.103. The van der Waals surface area contributed by atoms with Crippen LogP contribution in [0.4, 0.5) is 8.78 Å². The molecule has 4 heteroatoms. The van der Waals surface area contributed by atoms with Crippen LogP contribution in [0, 0.1) is 18.6 Å². The van der Waals surface area contributed by atoms with Crippen molar-refractivity contribution in [2.24, 2.45) is 0 Å². The predicted molar refractivity (Wildman–Crippen MR) is 58.8 cm³/mol. The second-order valence-corrected chi connectivity index (χ2v) is 3.63. The summed E-state index contributed by atoms with van der Waals surface area (Å²) in [4.78, 5) is 15.9. The first-order chi connectivity index (χ1) is 8.09. The van der Waals surface area contributed by atoms with Gasteiger partial charge >= 0.3 is 0 Å². The van der Waals surface area contributed by atoms with Gasteiger partial charge in [-0.25, -0.2) is 8.78 Å². The molecule has 0 atom stereocenters. The summed E-state index contributed by atoms with van der Waals surface area (Å²) in [5.41, 5.74) is 1.03. The molecule has 2 rings (SSSR count). The molecule has 0 aliphatic carbocycles. The van der Waals surface area contributed by atoms with Crippen molar-refractivity contribution in [2.75, 3.05) is 0 Å². The topological polar surface area (TPSA) is 30.0 Å². The van der Waals surface area contributed by atoms with Crippen molar-refractivity contribution < 1.29 is 13.6 Å². The minimum atomic E-state index is -1.04. The van der Waals surface area contributed by atoms with Crippen LogP contribution in [0.2, 0.25) is 0 Å². The highest BCUT2D eigenvalue weighted by molar-refractivity contribution is 6.08. The summed E-state index contributed by atoms with van der Waals surface area (Å²) < 4.78 is 25.8. The minimum absolute atomic E-state index is 0.0886. The van der Waals surface area contributed by atoms with E-state index in [4.69, 9.17) is 0 Å². The Morgan fingerprint density at radius 1 is 1.18 bits per heavy atom. The number of carbonyl (C=O) groups excluding carboxylic acids is 1. The third-order valence-corrected chi connectivity index (χ3v) is 2.41. The van der Waals surface area contributed by atoms with Gasteiger partial charge in [-0.3, -0.25) is 9.78 Å². The summed E-state index contributed by atoms with van der Waals surface area (Å²) in [6.07, 6.45) is 1.49. The maximum absolute atomic E-state index is 13.0. The summed E-state index contributed by atoms with van der Waals surface area (Å²) in [6.45, 7) is 1.74. The molecule has 2 nitrogen and oxygen atoms in total. The standard InChI is InChI=1S/C13H9F2NO/c1-8-3-2-6-16-12(8)13(17)9-4-5-10(14)11(15)7-9/h2-7H,1H3. The molecule has 0 aliphatic heterocycles. The largest absolute Gasteiger partial charge is 0.287 e. The van der Waals surface area contributed by atoms with Gasteiger partial charge in [-0.2, -0.15) is 0 Å². The number of nitrogens with zero attached hydrogens (tertiary/aromatic N) is 1. The van der Waals surface area contributed by atoms with Crippen molar-refractivity contribution in [3.8, 4) is 0 Å². The van der Waals surface area contributed by atoms with Crippen LogP contribution < -0.4 is 0 Å². The Bertz CT molecular complexity index is 581. The number of hydrogen-bond acceptors (Lipinski definition) is 2. The van der Waals surface area contributed by atoms with E-state index in [2.05, 4.69) is 4.98 Å². The van der Waals surface area contributed by atoms with Crippen molar-refractivity contribution >= 4 is 5.78 Å². The average Bonchev–Trinajstić information content (AvgIpc) is 2.32. The van der Waals surface area contributed by atoms with Crippen molar-refractivity contribution in [3.05, 3.63) is 65.0 Å². The molecule has 0 saturated carbocycles. The number of benzene rings is 1. The number of rotatable bonds is 2. The lowest BCUT2D eigenvalue weighted by Crippen LogP contribution is -2.07. The predicted octanol–water partition coefficient (Wildman–Crippen LogP) is 2.90. The number of ketones is 1. The summed E-state index contributed by atoms with van der Waals surface area (Å²) in [5, 5.41) is 0. The van der Waals surface area contributed by atoms with Crippen LogP contribution >= 0.6 is 0 Å². The van der Waals surface area contributed by atoms with Crippen molar-refractivity contribution in [3.63, 3.8) is 0 Å². The molecule has 0 spiro atoms. The Hall–Kier alpha value is -2.10. The van der Waals surface area contributed by atoms with Crippen LogP contribution in [0.1, 0.15) is 21.6 Å². The number of hydrogen-bond donors (Lipinski definition) is 0. The first-order valence-corrected chi connectivity index (χ1v) is 5.01. The third-order valence-electron chi connectivity index (χ3n) is 2.41. The van der Waals surface area contributed by atoms with E-state index in [1.165, 1.54) is 12.3 Å². The molecule has 0 unspecified atom stereocenters. The Morgan fingerprint density at radius 3 is 2.59 bits per heavy atom. The lowest BCUT2D eigenvalue weighted by atomic mass is 10.0. The minimum Gasteiger partial charge on any atom is -0.287 e. The molecule has 0 saturated heterocycles. The highest BCUT2D eigenvalue weighted by Gasteiger charge is 2.14. The first kappa shape index (κ1) is 11.4. The van der Waals surface area contributed by atoms with Gasteiger partial charge in [0.1, 0.15) is 5.69 Å². The molecule has 2 aromatic rings. The zero-order chi connectivity index (χ0) is 12.4. The monoisotopic (exact) mass is 233 g/mol. The third kappa shape index (κ3) is 2.20. The molecule has 0 amide bonds. The molecular formula is C13H9F2NO. The van der Waals surface area contributed by atoms with Crippen molar-refractivity contribution in [1.29, 1.82) is 0 Å². The zero-order valence-corrected chi connectivity index (χ0v) is 9.08. The fourth-order valence-corrected chi connectivity index (χ4v) is 1.50. The highest BCUT2D eigenvalue weighted by Crippen LogP contribution is 2.14. The van der Waals surface area contributed by atoms with E-state index >= 15 is 0 Å². The van der Waals surface area contributed by atoms with E-state index in [-0.39, 0.29) is 11.3 Å². The van der Waals surface area contributed by atoms with E-state index in [0.29, 0.717) is 5.56 Å². The molecule has 1 aromatic carbocycles. The van der Waals surface area contributed by atoms with E-state index in [0.717, 1.165) is 12.1 Å². The fraction of sp³-hybridized carbons (Fsp3) is 0.0769. The second kappa shape index (κ2) is 4.41. The maximum atomic E-state index is 13.0. The number of pyridine rings is 1. The summed E-state index contributed by atoms with van der Waals surface area (Å²) >= 11 is 0. The van der Waals surface area contributed by atoms with Gasteiger partial charge in [0.25, 0.3) is 0 Å². The zero-order valence-electron chi connectivity index (χ0n) is 9.08. The van der Waals surface area contributed by atoms with Crippen LogP contribution in [0.5, 0.6) is 0 Å². The number of aromatic nitrogens is 1. The van der Waals surface area contributed by atoms with Crippen LogP contribution in [0.15, 0.2) is 36.5 Å². The average molecular weight is 233 g/mol. The fourth-order valence-electron chi connectivity index (χ4n) is 1.50.